The van der Waals surface area contributed by atoms with Crippen molar-refractivity contribution in [2.75, 3.05) is 25.2 Å². The van der Waals surface area contributed by atoms with Gasteiger partial charge in [0.2, 0.25) is 5.88 Å². The summed E-state index contributed by atoms with van der Waals surface area (Å²) in [5, 5.41) is 3.61. The molecule has 0 aliphatic carbocycles. The summed E-state index contributed by atoms with van der Waals surface area (Å²) in [6, 6.07) is 6.93. The van der Waals surface area contributed by atoms with Crippen LogP contribution < -0.4 is 10.1 Å². The Hall–Kier alpha value is -2.28. The normalized spacial score (nSPS) is 10.2. The number of thioether (sulfide) groups is 1. The van der Waals surface area contributed by atoms with Crippen molar-refractivity contribution < 1.29 is 9.53 Å². The van der Waals surface area contributed by atoms with Crippen LogP contribution in [-0.4, -0.2) is 40.7 Å². The number of carbonyl (C=O) groups excluding carboxylic acids is 1. The first kappa shape index (κ1) is 17.1. The second kappa shape index (κ2) is 8.38. The minimum atomic E-state index is -0.176. The molecule has 0 radical (unpaired) electrons. The van der Waals surface area contributed by atoms with Crippen LogP contribution in [0.1, 0.15) is 13.3 Å². The van der Waals surface area contributed by atoms with E-state index in [1.54, 1.807) is 62.5 Å². The minimum Gasteiger partial charge on any atom is -0.437 e. The number of amides is 2. The van der Waals surface area contributed by atoms with Crippen LogP contribution in [0.2, 0.25) is 0 Å². The molecule has 6 nitrogen and oxygen atoms in total. The zero-order chi connectivity index (χ0) is 16.7. The van der Waals surface area contributed by atoms with Gasteiger partial charge in [-0.05, 0) is 36.4 Å². The standard InChI is InChI=1S/C16H20N4O2S/c1-4-9-23-15-11-17-10-14(19-15)22-13-7-5-12(6-8-13)18-16(21)20(2)3/h5-8,10-11H,4,9H2,1-3H3,(H,18,21). The Morgan fingerprint density at radius 3 is 2.65 bits per heavy atom. The Bertz CT molecular complexity index is 647. The Labute approximate surface area is 140 Å². The zero-order valence-corrected chi connectivity index (χ0v) is 14.3. The summed E-state index contributed by atoms with van der Waals surface area (Å²) in [6.45, 7) is 2.12. The maximum Gasteiger partial charge on any atom is 0.321 e. The summed E-state index contributed by atoms with van der Waals surface area (Å²) in [7, 11) is 3.38. The fourth-order valence-corrected chi connectivity index (χ4v) is 2.32. The highest BCUT2D eigenvalue weighted by molar-refractivity contribution is 7.99. The van der Waals surface area contributed by atoms with Crippen molar-refractivity contribution in [1.82, 2.24) is 14.9 Å². The molecule has 23 heavy (non-hydrogen) atoms. The lowest BCUT2D eigenvalue weighted by molar-refractivity contribution is 0.230. The first-order chi connectivity index (χ1) is 11.1. The van der Waals surface area contributed by atoms with Crippen LogP contribution in [0.15, 0.2) is 41.7 Å². The third-order valence-corrected chi connectivity index (χ3v) is 3.88. The molecule has 0 aliphatic rings. The van der Waals surface area contributed by atoms with Crippen molar-refractivity contribution in [1.29, 1.82) is 0 Å². The Morgan fingerprint density at radius 1 is 1.26 bits per heavy atom. The molecular formula is C16H20N4O2S. The van der Waals surface area contributed by atoms with Crippen LogP contribution >= 0.6 is 11.8 Å². The van der Waals surface area contributed by atoms with Crippen molar-refractivity contribution in [3.05, 3.63) is 36.7 Å². The Kier molecular flexibility index (Phi) is 6.22. The van der Waals surface area contributed by atoms with Crippen LogP contribution in [0.25, 0.3) is 0 Å². The molecule has 0 fully saturated rings. The second-order valence-corrected chi connectivity index (χ2v) is 6.11. The molecule has 7 heteroatoms. The highest BCUT2D eigenvalue weighted by Gasteiger charge is 2.05. The molecule has 0 bridgehead atoms. The van der Waals surface area contributed by atoms with Crippen molar-refractivity contribution in [2.45, 2.75) is 18.4 Å². The molecule has 0 spiro atoms. The van der Waals surface area contributed by atoms with E-state index in [4.69, 9.17) is 4.74 Å². The highest BCUT2D eigenvalue weighted by Crippen LogP contribution is 2.23. The molecule has 1 heterocycles. The third kappa shape index (κ3) is 5.45. The number of benzene rings is 1. The smallest absolute Gasteiger partial charge is 0.321 e. The van der Waals surface area contributed by atoms with Gasteiger partial charge in [0.15, 0.2) is 0 Å². The molecule has 1 N–H and O–H groups in total. The molecule has 2 aromatic rings. The van der Waals surface area contributed by atoms with Gasteiger partial charge in [-0.15, -0.1) is 11.8 Å². The molecule has 0 saturated heterocycles. The molecule has 2 amide bonds. The number of hydrogen-bond acceptors (Lipinski definition) is 5. The topological polar surface area (TPSA) is 67.3 Å². The number of carbonyl (C=O) groups is 1. The lowest BCUT2D eigenvalue weighted by Crippen LogP contribution is -2.27. The van der Waals surface area contributed by atoms with Crippen LogP contribution in [0, 0.1) is 0 Å². The van der Waals surface area contributed by atoms with E-state index >= 15 is 0 Å². The van der Waals surface area contributed by atoms with Gasteiger partial charge in [0, 0.05) is 19.8 Å². The summed E-state index contributed by atoms with van der Waals surface area (Å²) < 4.78 is 5.70. The monoisotopic (exact) mass is 332 g/mol. The lowest BCUT2D eigenvalue weighted by Gasteiger charge is -2.12. The summed E-state index contributed by atoms with van der Waals surface area (Å²) in [6.07, 6.45) is 4.39. The van der Waals surface area contributed by atoms with Gasteiger partial charge in [-0.3, -0.25) is 4.98 Å². The van der Waals surface area contributed by atoms with Crippen LogP contribution in [-0.2, 0) is 0 Å². The number of ether oxygens (including phenoxy) is 1. The third-order valence-electron chi connectivity index (χ3n) is 2.78. The lowest BCUT2D eigenvalue weighted by atomic mass is 10.3. The number of anilines is 1. The van der Waals surface area contributed by atoms with E-state index in [1.165, 1.54) is 4.90 Å². The number of hydrogen-bond donors (Lipinski definition) is 1. The average Bonchev–Trinajstić information content (AvgIpc) is 2.55. The van der Waals surface area contributed by atoms with Crippen molar-refractivity contribution in [2.24, 2.45) is 0 Å². The maximum atomic E-state index is 11.6. The van der Waals surface area contributed by atoms with Gasteiger partial charge < -0.3 is 15.0 Å². The SMILES string of the molecule is CCCSc1cncc(Oc2ccc(NC(=O)N(C)C)cc2)n1. The summed E-state index contributed by atoms with van der Waals surface area (Å²) in [5.74, 6) is 2.09. The number of nitrogens with one attached hydrogen (secondary N) is 1. The predicted octanol–water partition coefficient (Wildman–Crippen LogP) is 3.86. The highest BCUT2D eigenvalue weighted by atomic mass is 32.2. The van der Waals surface area contributed by atoms with Crippen LogP contribution in [0.4, 0.5) is 10.5 Å². The van der Waals surface area contributed by atoms with Crippen LogP contribution in [0.3, 0.4) is 0 Å². The number of urea groups is 1. The Morgan fingerprint density at radius 2 is 2.00 bits per heavy atom. The average molecular weight is 332 g/mol. The van der Waals surface area contributed by atoms with E-state index in [0.717, 1.165) is 17.2 Å². The van der Waals surface area contributed by atoms with Crippen molar-refractivity contribution in [3.63, 3.8) is 0 Å². The summed E-state index contributed by atoms with van der Waals surface area (Å²) >= 11 is 1.65. The van der Waals surface area contributed by atoms with Gasteiger partial charge in [-0.2, -0.15) is 0 Å². The van der Waals surface area contributed by atoms with Crippen LogP contribution in [0.5, 0.6) is 11.6 Å². The molecule has 1 aromatic heterocycles. The van der Waals surface area contributed by atoms with E-state index in [1.807, 2.05) is 0 Å². The van der Waals surface area contributed by atoms with E-state index in [0.29, 0.717) is 17.3 Å². The fourth-order valence-electron chi connectivity index (χ4n) is 1.62. The maximum absolute atomic E-state index is 11.6. The largest absolute Gasteiger partial charge is 0.437 e. The number of nitrogens with zero attached hydrogens (tertiary/aromatic N) is 3. The summed E-state index contributed by atoms with van der Waals surface area (Å²) in [4.78, 5) is 21.6. The molecule has 0 unspecified atom stereocenters. The van der Waals surface area contributed by atoms with Gasteiger partial charge in [0.05, 0.1) is 12.4 Å². The van der Waals surface area contributed by atoms with Gasteiger partial charge in [0.1, 0.15) is 10.8 Å². The molecular weight excluding hydrogens is 312 g/mol. The minimum absolute atomic E-state index is 0.176. The van der Waals surface area contributed by atoms with Gasteiger partial charge >= 0.3 is 6.03 Å². The van der Waals surface area contributed by atoms with Gasteiger partial charge in [-0.1, -0.05) is 6.92 Å². The van der Waals surface area contributed by atoms with E-state index in [9.17, 15) is 4.79 Å². The molecule has 2 rings (SSSR count). The molecule has 0 aliphatic heterocycles. The van der Waals surface area contributed by atoms with Gasteiger partial charge in [0.25, 0.3) is 0 Å². The first-order valence-corrected chi connectivity index (χ1v) is 8.28. The molecule has 1 aromatic carbocycles. The van der Waals surface area contributed by atoms with E-state index in [2.05, 4.69) is 22.2 Å². The molecule has 0 atom stereocenters. The van der Waals surface area contributed by atoms with E-state index < -0.39 is 0 Å². The van der Waals surface area contributed by atoms with Gasteiger partial charge in [-0.25, -0.2) is 9.78 Å². The van der Waals surface area contributed by atoms with Crippen molar-refractivity contribution in [3.8, 4) is 11.6 Å². The fraction of sp³-hybridized carbons (Fsp3) is 0.312. The molecule has 0 saturated carbocycles. The van der Waals surface area contributed by atoms with Crippen molar-refractivity contribution >= 4 is 23.5 Å². The number of rotatable bonds is 6. The Balaban J connectivity index is 1.99. The second-order valence-electron chi connectivity index (χ2n) is 5.00. The van der Waals surface area contributed by atoms with E-state index in [-0.39, 0.29) is 6.03 Å². The first-order valence-electron chi connectivity index (χ1n) is 7.29. The molecule has 122 valence electrons. The summed E-state index contributed by atoms with van der Waals surface area (Å²) in [5.41, 5.74) is 0.703. The quantitative estimate of drug-likeness (QED) is 0.814. The zero-order valence-electron chi connectivity index (χ0n) is 13.4. The predicted molar refractivity (Wildman–Crippen MR) is 92.3 cm³/mol. The number of aromatic nitrogens is 2.